The average molecular weight is 309 g/mol. The van der Waals surface area contributed by atoms with E-state index in [1.54, 1.807) is 7.05 Å². The lowest BCUT2D eigenvalue weighted by Gasteiger charge is -2.12. The minimum Gasteiger partial charge on any atom is -0.396 e. The molecule has 2 rings (SSSR count). The molecule has 0 aromatic carbocycles. The van der Waals surface area contributed by atoms with Crippen molar-refractivity contribution < 1.29 is 5.11 Å². The summed E-state index contributed by atoms with van der Waals surface area (Å²) in [6.45, 7) is 5.35. The van der Waals surface area contributed by atoms with Crippen molar-refractivity contribution in [2.24, 2.45) is 20.0 Å². The van der Waals surface area contributed by atoms with Crippen LogP contribution in [-0.4, -0.2) is 36.9 Å². The van der Waals surface area contributed by atoms with Crippen LogP contribution in [0.2, 0.25) is 0 Å². The number of aliphatic hydroxyl groups is 1. The van der Waals surface area contributed by atoms with Gasteiger partial charge in [-0.15, -0.1) is 0 Å². The number of aliphatic hydroxyl groups excluding tert-OH is 1. The third-order valence-electron chi connectivity index (χ3n) is 3.51. The van der Waals surface area contributed by atoms with Gasteiger partial charge in [0.2, 0.25) is 5.95 Å². The Morgan fingerprint density at radius 1 is 1.23 bits per heavy atom. The van der Waals surface area contributed by atoms with Crippen LogP contribution in [0.5, 0.6) is 0 Å². The SMILES string of the molecule is CC(C)Cn1c(NCCCO)nc2c1c(=O)n(C)c(=O)n2C. The van der Waals surface area contributed by atoms with Gasteiger partial charge in [0.25, 0.3) is 5.56 Å². The number of nitrogens with zero attached hydrogens (tertiary/aromatic N) is 4. The molecule has 0 spiro atoms. The Labute approximate surface area is 128 Å². The van der Waals surface area contributed by atoms with Crippen LogP contribution >= 0.6 is 0 Å². The average Bonchev–Trinajstić information content (AvgIpc) is 2.81. The quantitative estimate of drug-likeness (QED) is 0.726. The number of aryl methyl sites for hydroxylation is 1. The minimum absolute atomic E-state index is 0.0810. The first kappa shape index (κ1) is 16.3. The van der Waals surface area contributed by atoms with E-state index in [9.17, 15) is 9.59 Å². The van der Waals surface area contributed by atoms with Crippen LogP contribution in [0.15, 0.2) is 9.59 Å². The lowest BCUT2D eigenvalue weighted by atomic mass is 10.2. The van der Waals surface area contributed by atoms with Gasteiger partial charge in [-0.25, -0.2) is 4.79 Å². The summed E-state index contributed by atoms with van der Waals surface area (Å²) in [6, 6.07) is 0. The second-order valence-corrected chi connectivity index (χ2v) is 5.82. The van der Waals surface area contributed by atoms with E-state index in [2.05, 4.69) is 24.1 Å². The van der Waals surface area contributed by atoms with Gasteiger partial charge in [0, 0.05) is 33.8 Å². The molecule has 0 aliphatic carbocycles. The van der Waals surface area contributed by atoms with Gasteiger partial charge in [0.05, 0.1) is 0 Å². The van der Waals surface area contributed by atoms with E-state index < -0.39 is 5.69 Å². The molecule has 8 heteroatoms. The van der Waals surface area contributed by atoms with Gasteiger partial charge in [0.1, 0.15) is 0 Å². The van der Waals surface area contributed by atoms with Gasteiger partial charge < -0.3 is 15.0 Å². The molecule has 0 fully saturated rings. The molecule has 0 unspecified atom stereocenters. The maximum Gasteiger partial charge on any atom is 0.332 e. The molecule has 0 saturated heterocycles. The standard InChI is InChI=1S/C14H23N5O3/c1-9(2)8-19-10-11(16-13(19)15-6-5-7-20)17(3)14(22)18(4)12(10)21/h9,20H,5-8H2,1-4H3,(H,15,16). The van der Waals surface area contributed by atoms with E-state index >= 15 is 0 Å². The molecule has 0 saturated carbocycles. The zero-order valence-electron chi connectivity index (χ0n) is 13.5. The summed E-state index contributed by atoms with van der Waals surface area (Å²) in [6.07, 6.45) is 0.585. The molecule has 2 N–H and O–H groups in total. The maximum atomic E-state index is 12.5. The number of imidazole rings is 1. The van der Waals surface area contributed by atoms with Crippen molar-refractivity contribution in [1.82, 2.24) is 18.7 Å². The molecule has 8 nitrogen and oxygen atoms in total. The predicted molar refractivity (Wildman–Crippen MR) is 85.2 cm³/mol. The molecule has 0 amide bonds. The lowest BCUT2D eigenvalue weighted by Crippen LogP contribution is -2.37. The van der Waals surface area contributed by atoms with Gasteiger partial charge in [0.15, 0.2) is 11.2 Å². The Balaban J connectivity index is 2.69. The van der Waals surface area contributed by atoms with Crippen molar-refractivity contribution in [3.63, 3.8) is 0 Å². The maximum absolute atomic E-state index is 12.5. The molecule has 2 aromatic heterocycles. The van der Waals surface area contributed by atoms with E-state index in [1.807, 2.05) is 4.57 Å². The fourth-order valence-electron chi connectivity index (χ4n) is 2.40. The van der Waals surface area contributed by atoms with E-state index in [-0.39, 0.29) is 12.2 Å². The number of hydrogen-bond acceptors (Lipinski definition) is 5. The summed E-state index contributed by atoms with van der Waals surface area (Å²) in [5, 5.41) is 12.0. The van der Waals surface area contributed by atoms with E-state index in [0.29, 0.717) is 42.5 Å². The van der Waals surface area contributed by atoms with Gasteiger partial charge in [-0.05, 0) is 12.3 Å². The minimum atomic E-state index is -0.395. The molecule has 22 heavy (non-hydrogen) atoms. The summed E-state index contributed by atoms with van der Waals surface area (Å²) in [5.41, 5.74) is 0.0557. The van der Waals surface area contributed by atoms with Crippen LogP contribution in [0, 0.1) is 5.92 Å². The third kappa shape index (κ3) is 2.78. The molecule has 0 aliphatic heterocycles. The summed E-state index contributed by atoms with van der Waals surface area (Å²) >= 11 is 0. The third-order valence-corrected chi connectivity index (χ3v) is 3.51. The summed E-state index contributed by atoms with van der Waals surface area (Å²) < 4.78 is 4.29. The van der Waals surface area contributed by atoms with Gasteiger partial charge in [-0.2, -0.15) is 4.98 Å². The fourth-order valence-corrected chi connectivity index (χ4v) is 2.40. The Kier molecular flexibility index (Phi) is 4.70. The Morgan fingerprint density at radius 3 is 2.50 bits per heavy atom. The topological polar surface area (TPSA) is 94.1 Å². The highest BCUT2D eigenvalue weighted by Crippen LogP contribution is 2.17. The lowest BCUT2D eigenvalue weighted by molar-refractivity contribution is 0.292. The van der Waals surface area contributed by atoms with Crippen molar-refractivity contribution in [1.29, 1.82) is 0 Å². The first-order valence-electron chi connectivity index (χ1n) is 7.39. The van der Waals surface area contributed by atoms with Gasteiger partial charge >= 0.3 is 5.69 Å². The largest absolute Gasteiger partial charge is 0.396 e. The number of rotatable bonds is 6. The predicted octanol–water partition coefficient (Wildman–Crippen LogP) is -0.116. The van der Waals surface area contributed by atoms with E-state index in [4.69, 9.17) is 5.11 Å². The monoisotopic (exact) mass is 309 g/mol. The number of fused-ring (bicyclic) bond motifs is 1. The van der Waals surface area contributed by atoms with Crippen molar-refractivity contribution in [3.8, 4) is 0 Å². The highest BCUT2D eigenvalue weighted by molar-refractivity contribution is 5.74. The fraction of sp³-hybridized carbons (Fsp3) is 0.643. The molecule has 2 aromatic rings. The summed E-state index contributed by atoms with van der Waals surface area (Å²) in [7, 11) is 3.07. The van der Waals surface area contributed by atoms with Gasteiger partial charge in [-0.1, -0.05) is 13.8 Å². The van der Waals surface area contributed by atoms with E-state index in [1.165, 1.54) is 11.6 Å². The molecule has 0 bridgehead atoms. The highest BCUT2D eigenvalue weighted by atomic mass is 16.3. The number of anilines is 1. The van der Waals surface area contributed by atoms with Crippen LogP contribution in [0.4, 0.5) is 5.95 Å². The zero-order chi connectivity index (χ0) is 16.4. The zero-order valence-corrected chi connectivity index (χ0v) is 13.5. The van der Waals surface area contributed by atoms with E-state index in [0.717, 1.165) is 4.57 Å². The molecule has 0 aliphatic rings. The van der Waals surface area contributed by atoms with Crippen molar-refractivity contribution in [3.05, 3.63) is 20.8 Å². The molecule has 0 atom stereocenters. The summed E-state index contributed by atoms with van der Waals surface area (Å²) in [5.74, 6) is 0.869. The molecule has 0 radical (unpaired) electrons. The van der Waals surface area contributed by atoms with Crippen molar-refractivity contribution in [2.75, 3.05) is 18.5 Å². The first-order chi connectivity index (χ1) is 10.4. The van der Waals surface area contributed by atoms with Crippen LogP contribution in [0.1, 0.15) is 20.3 Å². The number of hydrogen-bond donors (Lipinski definition) is 2. The smallest absolute Gasteiger partial charge is 0.332 e. The molecule has 2 heterocycles. The Hall–Kier alpha value is -2.09. The van der Waals surface area contributed by atoms with Crippen LogP contribution in [-0.2, 0) is 20.6 Å². The molecular weight excluding hydrogens is 286 g/mol. The number of aromatic nitrogens is 4. The van der Waals surface area contributed by atoms with Crippen LogP contribution < -0.4 is 16.6 Å². The molecular formula is C14H23N5O3. The summed E-state index contributed by atoms with van der Waals surface area (Å²) in [4.78, 5) is 28.9. The normalized spacial score (nSPS) is 11.5. The van der Waals surface area contributed by atoms with Gasteiger partial charge in [-0.3, -0.25) is 13.9 Å². The number of nitrogens with one attached hydrogen (secondary N) is 1. The Morgan fingerprint density at radius 2 is 1.91 bits per heavy atom. The first-order valence-corrected chi connectivity index (χ1v) is 7.39. The van der Waals surface area contributed by atoms with Crippen LogP contribution in [0.3, 0.4) is 0 Å². The van der Waals surface area contributed by atoms with Crippen LogP contribution in [0.25, 0.3) is 11.2 Å². The second kappa shape index (κ2) is 6.35. The van der Waals surface area contributed by atoms with Crippen molar-refractivity contribution >= 4 is 17.1 Å². The Bertz CT molecular complexity index is 784. The molecule has 122 valence electrons. The van der Waals surface area contributed by atoms with Crippen molar-refractivity contribution in [2.45, 2.75) is 26.8 Å². The highest BCUT2D eigenvalue weighted by Gasteiger charge is 2.19. The second-order valence-electron chi connectivity index (χ2n) is 5.82.